The van der Waals surface area contributed by atoms with Crippen LogP contribution in [-0.4, -0.2) is 25.2 Å². The molecule has 1 atom stereocenters. The lowest BCUT2D eigenvalue weighted by Gasteiger charge is -2.20. The molecule has 0 saturated carbocycles. The van der Waals surface area contributed by atoms with Crippen molar-refractivity contribution in [3.8, 4) is 11.5 Å². The fourth-order valence-electron chi connectivity index (χ4n) is 2.23. The Balaban J connectivity index is 1.62. The van der Waals surface area contributed by atoms with Crippen LogP contribution in [0.1, 0.15) is 6.92 Å². The monoisotopic (exact) mass is 376 g/mol. The highest BCUT2D eigenvalue weighted by molar-refractivity contribution is 9.10. The largest absolute Gasteiger partial charge is 0.486 e. The van der Waals surface area contributed by atoms with Crippen LogP contribution in [-0.2, 0) is 4.79 Å². The van der Waals surface area contributed by atoms with Crippen LogP contribution in [0.25, 0.3) is 0 Å². The summed E-state index contributed by atoms with van der Waals surface area (Å²) in [7, 11) is 0. The molecule has 6 heteroatoms. The van der Waals surface area contributed by atoms with Gasteiger partial charge < -0.3 is 20.1 Å². The minimum atomic E-state index is -0.388. The number of halogens is 1. The van der Waals surface area contributed by atoms with E-state index >= 15 is 0 Å². The highest BCUT2D eigenvalue weighted by Gasteiger charge is 2.16. The van der Waals surface area contributed by atoms with Crippen molar-refractivity contribution < 1.29 is 14.3 Å². The van der Waals surface area contributed by atoms with Gasteiger partial charge in [-0.25, -0.2) is 0 Å². The third-order valence-electron chi connectivity index (χ3n) is 3.43. The molecule has 2 N–H and O–H groups in total. The summed E-state index contributed by atoms with van der Waals surface area (Å²) >= 11 is 3.37. The molecule has 0 spiro atoms. The van der Waals surface area contributed by atoms with E-state index in [2.05, 4.69) is 26.6 Å². The van der Waals surface area contributed by atoms with Crippen molar-refractivity contribution in [2.75, 3.05) is 23.8 Å². The first kappa shape index (κ1) is 15.7. The molecule has 120 valence electrons. The van der Waals surface area contributed by atoms with Gasteiger partial charge in [-0.05, 0) is 43.3 Å². The van der Waals surface area contributed by atoms with Crippen LogP contribution in [0.2, 0.25) is 0 Å². The molecule has 1 amide bonds. The summed E-state index contributed by atoms with van der Waals surface area (Å²) in [4.78, 5) is 12.2. The Bertz CT molecular complexity index is 703. The normalized spacial score (nSPS) is 14.0. The van der Waals surface area contributed by atoms with Crippen molar-refractivity contribution in [3.63, 3.8) is 0 Å². The smallest absolute Gasteiger partial charge is 0.246 e. The Hall–Kier alpha value is -2.21. The zero-order valence-electron chi connectivity index (χ0n) is 12.6. The highest BCUT2D eigenvalue weighted by atomic mass is 79.9. The van der Waals surface area contributed by atoms with Crippen molar-refractivity contribution in [2.24, 2.45) is 0 Å². The van der Waals surface area contributed by atoms with Crippen LogP contribution in [0.4, 0.5) is 11.4 Å². The molecule has 23 heavy (non-hydrogen) atoms. The molecule has 0 unspecified atom stereocenters. The maximum Gasteiger partial charge on any atom is 0.246 e. The van der Waals surface area contributed by atoms with Crippen LogP contribution in [0.3, 0.4) is 0 Å². The average molecular weight is 377 g/mol. The number of rotatable bonds is 4. The number of carbonyl (C=O) groups is 1. The van der Waals surface area contributed by atoms with Gasteiger partial charge in [0.1, 0.15) is 19.3 Å². The van der Waals surface area contributed by atoms with E-state index in [9.17, 15) is 4.79 Å². The summed E-state index contributed by atoms with van der Waals surface area (Å²) in [6.07, 6.45) is 0. The highest BCUT2D eigenvalue weighted by Crippen LogP contribution is 2.32. The minimum absolute atomic E-state index is 0.109. The first-order valence-electron chi connectivity index (χ1n) is 7.34. The van der Waals surface area contributed by atoms with E-state index < -0.39 is 0 Å². The molecule has 0 aromatic heterocycles. The molecular weight excluding hydrogens is 360 g/mol. The molecule has 0 fully saturated rings. The molecule has 0 radical (unpaired) electrons. The van der Waals surface area contributed by atoms with Crippen LogP contribution in [0.15, 0.2) is 46.9 Å². The van der Waals surface area contributed by atoms with Crippen molar-refractivity contribution in [1.82, 2.24) is 0 Å². The molecular formula is C17H17BrN2O3. The van der Waals surface area contributed by atoms with Gasteiger partial charge in [-0.3, -0.25) is 4.79 Å². The van der Waals surface area contributed by atoms with Gasteiger partial charge in [0.2, 0.25) is 5.91 Å². The Morgan fingerprint density at radius 3 is 2.43 bits per heavy atom. The average Bonchev–Trinajstić information content (AvgIpc) is 2.56. The third-order valence-corrected chi connectivity index (χ3v) is 3.96. The van der Waals surface area contributed by atoms with Crippen LogP contribution in [0.5, 0.6) is 11.5 Å². The third kappa shape index (κ3) is 3.96. The second-order valence-electron chi connectivity index (χ2n) is 5.22. The van der Waals surface area contributed by atoms with Crippen molar-refractivity contribution in [1.29, 1.82) is 0 Å². The van der Waals surface area contributed by atoms with Crippen LogP contribution in [0, 0.1) is 0 Å². The summed E-state index contributed by atoms with van der Waals surface area (Å²) in [6, 6.07) is 12.6. The quantitative estimate of drug-likeness (QED) is 0.854. The van der Waals surface area contributed by atoms with Gasteiger partial charge in [-0.15, -0.1) is 0 Å². The molecule has 0 saturated heterocycles. The van der Waals surface area contributed by atoms with Gasteiger partial charge in [-0.2, -0.15) is 0 Å². The number of hydrogen-bond acceptors (Lipinski definition) is 4. The standard InChI is InChI=1S/C17H17BrN2O3/c1-11(17(21)20-13-4-2-12(18)3-5-13)19-14-6-7-15-16(10-14)23-9-8-22-15/h2-7,10-11,19H,8-9H2,1H3,(H,20,21)/t11-/m1/s1. The minimum Gasteiger partial charge on any atom is -0.486 e. The lowest BCUT2D eigenvalue weighted by molar-refractivity contribution is -0.116. The molecule has 0 aliphatic carbocycles. The van der Waals surface area contributed by atoms with Gasteiger partial charge in [0.25, 0.3) is 0 Å². The van der Waals surface area contributed by atoms with E-state index in [0.717, 1.165) is 21.6 Å². The predicted molar refractivity (Wildman–Crippen MR) is 93.3 cm³/mol. The first-order valence-corrected chi connectivity index (χ1v) is 8.14. The van der Waals surface area contributed by atoms with Gasteiger partial charge in [0.05, 0.1) is 0 Å². The van der Waals surface area contributed by atoms with E-state index in [4.69, 9.17) is 9.47 Å². The molecule has 3 rings (SSSR count). The number of fused-ring (bicyclic) bond motifs is 1. The van der Waals surface area contributed by atoms with E-state index in [1.54, 1.807) is 0 Å². The number of anilines is 2. The molecule has 0 bridgehead atoms. The maximum absolute atomic E-state index is 12.2. The number of carbonyl (C=O) groups excluding carboxylic acids is 1. The van der Waals surface area contributed by atoms with Crippen molar-refractivity contribution in [2.45, 2.75) is 13.0 Å². The fraction of sp³-hybridized carbons (Fsp3) is 0.235. The van der Waals surface area contributed by atoms with E-state index in [0.29, 0.717) is 19.0 Å². The second-order valence-corrected chi connectivity index (χ2v) is 6.14. The maximum atomic E-state index is 12.2. The lowest BCUT2D eigenvalue weighted by atomic mass is 10.2. The SMILES string of the molecule is C[C@@H](Nc1ccc2c(c1)OCCO2)C(=O)Nc1ccc(Br)cc1. The van der Waals surface area contributed by atoms with Crippen molar-refractivity contribution in [3.05, 3.63) is 46.9 Å². The summed E-state index contributed by atoms with van der Waals surface area (Å²) in [6.45, 7) is 2.91. The molecule has 1 aliphatic heterocycles. The lowest BCUT2D eigenvalue weighted by Crippen LogP contribution is -2.31. The van der Waals surface area contributed by atoms with Gasteiger partial charge in [0, 0.05) is 21.9 Å². The van der Waals surface area contributed by atoms with Gasteiger partial charge in [0.15, 0.2) is 11.5 Å². The van der Waals surface area contributed by atoms with Gasteiger partial charge >= 0.3 is 0 Å². The summed E-state index contributed by atoms with van der Waals surface area (Å²) in [5.74, 6) is 1.32. The molecule has 2 aromatic carbocycles. The Morgan fingerprint density at radius 2 is 1.70 bits per heavy atom. The zero-order valence-corrected chi connectivity index (χ0v) is 14.2. The Kier molecular flexibility index (Phi) is 4.71. The zero-order chi connectivity index (χ0) is 16.2. The Morgan fingerprint density at radius 1 is 1.04 bits per heavy atom. The number of benzene rings is 2. The number of hydrogen-bond donors (Lipinski definition) is 2. The first-order chi connectivity index (χ1) is 11.1. The predicted octanol–water partition coefficient (Wildman–Crippen LogP) is 3.66. The fourth-order valence-corrected chi connectivity index (χ4v) is 2.50. The van der Waals surface area contributed by atoms with Crippen LogP contribution < -0.4 is 20.1 Å². The van der Waals surface area contributed by atoms with E-state index in [1.165, 1.54) is 0 Å². The van der Waals surface area contributed by atoms with Crippen molar-refractivity contribution >= 4 is 33.2 Å². The number of ether oxygens (including phenoxy) is 2. The molecule has 1 heterocycles. The molecule has 1 aliphatic rings. The van der Waals surface area contributed by atoms with E-state index in [1.807, 2.05) is 49.4 Å². The molecule has 2 aromatic rings. The summed E-state index contributed by atoms with van der Waals surface area (Å²) < 4.78 is 12.0. The molecule has 5 nitrogen and oxygen atoms in total. The van der Waals surface area contributed by atoms with Gasteiger partial charge in [-0.1, -0.05) is 15.9 Å². The summed E-state index contributed by atoms with van der Waals surface area (Å²) in [5.41, 5.74) is 1.57. The topological polar surface area (TPSA) is 59.6 Å². The van der Waals surface area contributed by atoms with E-state index in [-0.39, 0.29) is 11.9 Å². The number of nitrogens with one attached hydrogen (secondary N) is 2. The second kappa shape index (κ2) is 6.91. The van der Waals surface area contributed by atoms with Crippen LogP contribution >= 0.6 is 15.9 Å². The Labute approximate surface area is 143 Å². The summed E-state index contributed by atoms with van der Waals surface area (Å²) in [5, 5.41) is 6.04. The number of amides is 1.